The van der Waals surface area contributed by atoms with Crippen LogP contribution in [-0.2, 0) is 4.79 Å². The molecule has 1 atom stereocenters. The molecule has 0 radical (unpaired) electrons. The highest BCUT2D eigenvalue weighted by molar-refractivity contribution is 8.00. The van der Waals surface area contributed by atoms with Gasteiger partial charge in [0.1, 0.15) is 0 Å². The van der Waals surface area contributed by atoms with Crippen molar-refractivity contribution < 1.29 is 9.90 Å². The van der Waals surface area contributed by atoms with Gasteiger partial charge in [0.2, 0.25) is 5.91 Å². The number of thioether (sulfide) groups is 1. The lowest BCUT2D eigenvalue weighted by molar-refractivity contribution is -0.129. The van der Waals surface area contributed by atoms with Gasteiger partial charge >= 0.3 is 0 Å². The summed E-state index contributed by atoms with van der Waals surface area (Å²) in [7, 11) is 0. The predicted molar refractivity (Wildman–Crippen MR) is 64.0 cm³/mol. The summed E-state index contributed by atoms with van der Waals surface area (Å²) >= 11 is 1.54. The highest BCUT2D eigenvalue weighted by Crippen LogP contribution is 2.18. The molecule has 1 rings (SSSR count). The molecule has 1 aliphatic heterocycles. The average Bonchev–Trinajstić information content (AvgIpc) is 2.26. The van der Waals surface area contributed by atoms with Gasteiger partial charge in [-0.1, -0.05) is 13.8 Å². The monoisotopic (exact) mass is 231 g/mol. The highest BCUT2D eigenvalue weighted by Gasteiger charge is 2.20. The average molecular weight is 231 g/mol. The Bertz CT molecular complexity index is 203. The minimum absolute atomic E-state index is 0.148. The maximum Gasteiger partial charge on any atom is 0.232 e. The van der Waals surface area contributed by atoms with Gasteiger partial charge in [-0.25, -0.2) is 0 Å². The van der Waals surface area contributed by atoms with Crippen molar-refractivity contribution in [1.29, 1.82) is 0 Å². The third-order valence-electron chi connectivity index (χ3n) is 2.88. The largest absolute Gasteiger partial charge is 0.395 e. The van der Waals surface area contributed by atoms with Gasteiger partial charge < -0.3 is 10.0 Å². The van der Waals surface area contributed by atoms with Crippen molar-refractivity contribution in [3.8, 4) is 0 Å². The third-order valence-corrected chi connectivity index (χ3v) is 4.02. The fourth-order valence-corrected chi connectivity index (χ4v) is 2.33. The lowest BCUT2D eigenvalue weighted by Gasteiger charge is -2.30. The van der Waals surface area contributed by atoms with Crippen molar-refractivity contribution in [3.05, 3.63) is 0 Å². The van der Waals surface area contributed by atoms with Gasteiger partial charge in [0.25, 0.3) is 0 Å². The number of aliphatic hydroxyl groups is 1. The molecule has 3 nitrogen and oxygen atoms in total. The van der Waals surface area contributed by atoms with E-state index < -0.39 is 0 Å². The predicted octanol–water partition coefficient (Wildman–Crippen LogP) is 1.36. The molecule has 0 aromatic heterocycles. The maximum absolute atomic E-state index is 11.7. The minimum Gasteiger partial charge on any atom is -0.395 e. The van der Waals surface area contributed by atoms with Gasteiger partial charge in [0.15, 0.2) is 0 Å². The molecule has 4 heteroatoms. The Morgan fingerprint density at radius 3 is 2.67 bits per heavy atom. The van der Waals surface area contributed by atoms with E-state index in [0.717, 1.165) is 31.8 Å². The van der Waals surface area contributed by atoms with Crippen LogP contribution in [0.15, 0.2) is 0 Å². The topological polar surface area (TPSA) is 40.5 Å². The number of hydrogen-bond acceptors (Lipinski definition) is 3. The van der Waals surface area contributed by atoms with Crippen LogP contribution >= 0.6 is 11.8 Å². The van der Waals surface area contributed by atoms with Crippen LogP contribution in [0, 0.1) is 5.92 Å². The normalized spacial score (nSPS) is 20.3. The van der Waals surface area contributed by atoms with E-state index in [-0.39, 0.29) is 17.8 Å². The second-order valence-corrected chi connectivity index (χ2v) is 5.79. The second kappa shape index (κ2) is 6.38. The Hall–Kier alpha value is -0.220. The van der Waals surface area contributed by atoms with Crippen LogP contribution in [0.2, 0.25) is 0 Å². The summed E-state index contributed by atoms with van der Waals surface area (Å²) in [4.78, 5) is 13.7. The molecule has 0 spiro atoms. The first-order valence-electron chi connectivity index (χ1n) is 5.63. The number of carbonyl (C=O) groups excluding carboxylic acids is 1. The van der Waals surface area contributed by atoms with Gasteiger partial charge in [-0.15, -0.1) is 11.8 Å². The van der Waals surface area contributed by atoms with Gasteiger partial charge in [-0.2, -0.15) is 0 Å². The molecule has 1 saturated heterocycles. The molecular formula is C11H21NO2S. The standard InChI is InChI=1S/C11H21NO2S/c1-9-3-5-12(6-4-9)11(14)8-15-10(2)7-13/h9-10,13H,3-8H2,1-2H3/t10-/m0/s1. The number of nitrogens with zero attached hydrogens (tertiary/aromatic N) is 1. The number of piperidine rings is 1. The van der Waals surface area contributed by atoms with E-state index in [1.165, 1.54) is 11.8 Å². The van der Waals surface area contributed by atoms with E-state index in [1.54, 1.807) is 0 Å². The van der Waals surface area contributed by atoms with E-state index in [9.17, 15) is 4.79 Å². The lowest BCUT2D eigenvalue weighted by atomic mass is 9.99. The zero-order chi connectivity index (χ0) is 11.3. The van der Waals surface area contributed by atoms with E-state index >= 15 is 0 Å². The van der Waals surface area contributed by atoms with Crippen LogP contribution in [0.5, 0.6) is 0 Å². The maximum atomic E-state index is 11.7. The minimum atomic E-state index is 0.148. The molecule has 1 amide bonds. The number of rotatable bonds is 4. The molecule has 0 aromatic carbocycles. The van der Waals surface area contributed by atoms with Crippen LogP contribution in [-0.4, -0.2) is 46.6 Å². The van der Waals surface area contributed by atoms with Gasteiger partial charge in [-0.05, 0) is 18.8 Å². The molecule has 0 aliphatic carbocycles. The highest BCUT2D eigenvalue weighted by atomic mass is 32.2. The second-order valence-electron chi connectivity index (χ2n) is 4.37. The number of likely N-dealkylation sites (tertiary alicyclic amines) is 1. The van der Waals surface area contributed by atoms with Crippen LogP contribution in [0.3, 0.4) is 0 Å². The summed E-state index contributed by atoms with van der Waals surface area (Å²) in [6, 6.07) is 0. The SMILES string of the molecule is CC1CCN(C(=O)CS[C@@H](C)CO)CC1. The van der Waals surface area contributed by atoms with Crippen LogP contribution < -0.4 is 0 Å². The van der Waals surface area contributed by atoms with Crippen molar-refractivity contribution >= 4 is 17.7 Å². The summed E-state index contributed by atoms with van der Waals surface area (Å²) in [5, 5.41) is 9.01. The number of carbonyl (C=O) groups is 1. The lowest BCUT2D eigenvalue weighted by Crippen LogP contribution is -2.39. The summed E-state index contributed by atoms with van der Waals surface area (Å²) in [5.74, 6) is 1.50. The number of amides is 1. The first kappa shape index (κ1) is 12.8. The zero-order valence-corrected chi connectivity index (χ0v) is 10.4. The van der Waals surface area contributed by atoms with Crippen molar-refractivity contribution in [2.75, 3.05) is 25.4 Å². The van der Waals surface area contributed by atoms with Crippen LogP contribution in [0.25, 0.3) is 0 Å². The van der Waals surface area contributed by atoms with E-state index in [4.69, 9.17) is 5.11 Å². The molecule has 15 heavy (non-hydrogen) atoms. The molecule has 0 aromatic rings. The molecule has 1 fully saturated rings. The van der Waals surface area contributed by atoms with Crippen LogP contribution in [0.4, 0.5) is 0 Å². The van der Waals surface area contributed by atoms with Crippen LogP contribution in [0.1, 0.15) is 26.7 Å². The summed E-state index contributed by atoms with van der Waals surface area (Å²) < 4.78 is 0. The fourth-order valence-electron chi connectivity index (χ4n) is 1.62. The van der Waals surface area contributed by atoms with Crippen molar-refractivity contribution in [1.82, 2.24) is 4.90 Å². The fraction of sp³-hybridized carbons (Fsp3) is 0.909. The molecule has 88 valence electrons. The first-order valence-corrected chi connectivity index (χ1v) is 6.68. The van der Waals surface area contributed by atoms with Gasteiger partial charge in [0, 0.05) is 18.3 Å². The molecule has 1 heterocycles. The molecule has 0 saturated carbocycles. The van der Waals surface area contributed by atoms with E-state index in [0.29, 0.717) is 5.75 Å². The smallest absolute Gasteiger partial charge is 0.232 e. The first-order chi connectivity index (χ1) is 7.13. The van der Waals surface area contributed by atoms with Gasteiger partial charge in [0.05, 0.1) is 12.4 Å². The third kappa shape index (κ3) is 4.43. The van der Waals surface area contributed by atoms with E-state index in [1.807, 2.05) is 11.8 Å². The van der Waals surface area contributed by atoms with E-state index in [2.05, 4.69) is 6.92 Å². The van der Waals surface area contributed by atoms with Gasteiger partial charge in [-0.3, -0.25) is 4.79 Å². The molecular weight excluding hydrogens is 210 g/mol. The Morgan fingerprint density at radius 1 is 1.53 bits per heavy atom. The Balaban J connectivity index is 2.22. The molecule has 1 N–H and O–H groups in total. The molecule has 0 unspecified atom stereocenters. The Kier molecular flexibility index (Phi) is 5.47. The van der Waals surface area contributed by atoms with Crippen molar-refractivity contribution in [2.24, 2.45) is 5.92 Å². The summed E-state index contributed by atoms with van der Waals surface area (Å²) in [6.07, 6.45) is 2.26. The molecule has 0 bridgehead atoms. The van der Waals surface area contributed by atoms with Crippen molar-refractivity contribution in [3.63, 3.8) is 0 Å². The summed E-state index contributed by atoms with van der Waals surface area (Å²) in [5.41, 5.74) is 0. The number of hydrogen-bond donors (Lipinski definition) is 1. The summed E-state index contributed by atoms with van der Waals surface area (Å²) in [6.45, 7) is 6.15. The van der Waals surface area contributed by atoms with Crippen molar-refractivity contribution in [2.45, 2.75) is 31.9 Å². The number of aliphatic hydroxyl groups excluding tert-OH is 1. The molecule has 1 aliphatic rings. The Labute approximate surface area is 96.2 Å². The Morgan fingerprint density at radius 2 is 2.13 bits per heavy atom. The zero-order valence-electron chi connectivity index (χ0n) is 9.61. The quantitative estimate of drug-likeness (QED) is 0.794.